The first-order chi connectivity index (χ1) is 17.6. The van der Waals surface area contributed by atoms with Crippen LogP contribution < -0.4 is 10.5 Å². The van der Waals surface area contributed by atoms with Crippen LogP contribution in [0.15, 0.2) is 42.9 Å². The van der Waals surface area contributed by atoms with Crippen molar-refractivity contribution < 1.29 is 27.1 Å². The van der Waals surface area contributed by atoms with E-state index in [0.717, 1.165) is 6.07 Å². The lowest BCUT2D eigenvalue weighted by molar-refractivity contribution is -0.168. The zero-order chi connectivity index (χ0) is 26.1. The zero-order valence-corrected chi connectivity index (χ0v) is 19.4. The molecule has 4 aromatic rings. The average Bonchev–Trinajstić information content (AvgIpc) is 3.30. The van der Waals surface area contributed by atoms with E-state index in [2.05, 4.69) is 21.8 Å². The first kappa shape index (κ1) is 23.1. The van der Waals surface area contributed by atoms with Crippen molar-refractivity contribution in [1.29, 1.82) is 0 Å². The Hall–Kier alpha value is -4.33. The molecule has 11 heteroatoms. The number of imidazole rings is 1. The standard InChI is InChI=1S/C26H19F4N5O2/c1-34(24(36)16-9-19-18(10-17(16)27)33-23(31)20-11-32-13-35(19)20)21-12-37-22-8-14(2-3-15(21)22)4-5-25(6-7-25)26(28,29)30/h2-3,8-11,13,21H,6-7,12H2,1H3,(H2,31,33). The van der Waals surface area contributed by atoms with Gasteiger partial charge in [-0.3, -0.25) is 9.20 Å². The normalized spacial score (nSPS) is 17.7. The van der Waals surface area contributed by atoms with Gasteiger partial charge in [0.1, 0.15) is 34.9 Å². The molecule has 6 rings (SSSR count). The number of rotatable bonds is 2. The second-order valence-electron chi connectivity index (χ2n) is 9.29. The van der Waals surface area contributed by atoms with Gasteiger partial charge in [-0.15, -0.1) is 0 Å². The number of carbonyl (C=O) groups excluding carboxylic acids is 1. The molecule has 2 aliphatic rings. The third kappa shape index (κ3) is 3.63. The van der Waals surface area contributed by atoms with Crippen LogP contribution in [-0.4, -0.2) is 45.0 Å². The Morgan fingerprint density at radius 2 is 2.03 bits per heavy atom. The van der Waals surface area contributed by atoms with Crippen LogP contribution in [0.2, 0.25) is 0 Å². The van der Waals surface area contributed by atoms with E-state index >= 15 is 4.39 Å². The van der Waals surface area contributed by atoms with Crippen molar-refractivity contribution in [3.8, 4) is 17.6 Å². The molecule has 37 heavy (non-hydrogen) atoms. The Kier molecular flexibility index (Phi) is 4.89. The van der Waals surface area contributed by atoms with Gasteiger partial charge in [-0.25, -0.2) is 14.4 Å². The van der Waals surface area contributed by atoms with E-state index in [1.54, 1.807) is 22.6 Å². The lowest BCUT2D eigenvalue weighted by atomic mass is 10.0. The Morgan fingerprint density at radius 1 is 1.24 bits per heavy atom. The highest BCUT2D eigenvalue weighted by Gasteiger charge is 2.62. The van der Waals surface area contributed by atoms with Crippen LogP contribution in [0.1, 0.15) is 40.4 Å². The highest BCUT2D eigenvalue weighted by Crippen LogP contribution is 2.57. The van der Waals surface area contributed by atoms with Gasteiger partial charge in [0.2, 0.25) is 0 Å². The van der Waals surface area contributed by atoms with E-state index in [0.29, 0.717) is 27.9 Å². The summed E-state index contributed by atoms with van der Waals surface area (Å²) in [7, 11) is 1.54. The molecule has 2 aromatic heterocycles. The number of alkyl halides is 3. The summed E-state index contributed by atoms with van der Waals surface area (Å²) >= 11 is 0. The second-order valence-corrected chi connectivity index (χ2v) is 9.29. The lowest BCUT2D eigenvalue weighted by Gasteiger charge is -2.24. The summed E-state index contributed by atoms with van der Waals surface area (Å²) in [5.74, 6) is 4.27. The molecular formula is C26H19F4N5O2. The number of benzene rings is 2. The summed E-state index contributed by atoms with van der Waals surface area (Å²) in [5, 5.41) is 0. The molecule has 1 aliphatic heterocycles. The minimum Gasteiger partial charge on any atom is -0.491 e. The van der Waals surface area contributed by atoms with Gasteiger partial charge < -0.3 is 15.4 Å². The highest BCUT2D eigenvalue weighted by molar-refractivity contribution is 5.98. The number of anilines is 1. The van der Waals surface area contributed by atoms with E-state index in [9.17, 15) is 18.0 Å². The molecule has 0 bridgehead atoms. The maximum absolute atomic E-state index is 15.0. The molecule has 0 radical (unpaired) electrons. The SMILES string of the molecule is CN(C(=O)c1cc2c(cc1F)nc(N)c1cncn12)C1COc2cc(C#CC3(C(F)(F)F)CC3)ccc21. The number of carbonyl (C=O) groups is 1. The van der Waals surface area contributed by atoms with E-state index in [1.165, 1.54) is 30.5 Å². The van der Waals surface area contributed by atoms with Gasteiger partial charge in [-0.05, 0) is 31.0 Å². The molecule has 2 aromatic carbocycles. The number of nitrogens with two attached hydrogens (primary N) is 1. The van der Waals surface area contributed by atoms with Crippen LogP contribution in [0.3, 0.4) is 0 Å². The lowest BCUT2D eigenvalue weighted by Crippen LogP contribution is -2.32. The number of amides is 1. The Morgan fingerprint density at radius 3 is 2.76 bits per heavy atom. The summed E-state index contributed by atoms with van der Waals surface area (Å²) in [6, 6.07) is 6.88. The number of ether oxygens (including phenoxy) is 1. The summed E-state index contributed by atoms with van der Waals surface area (Å²) in [5.41, 5.74) is 6.17. The second kappa shape index (κ2) is 7.83. The smallest absolute Gasteiger partial charge is 0.405 e. The number of hydrogen-bond acceptors (Lipinski definition) is 5. The molecule has 188 valence electrons. The van der Waals surface area contributed by atoms with Crippen molar-refractivity contribution >= 4 is 28.3 Å². The first-order valence-electron chi connectivity index (χ1n) is 11.4. The summed E-state index contributed by atoms with van der Waals surface area (Å²) in [6.45, 7) is 0.111. The van der Waals surface area contributed by atoms with Gasteiger partial charge in [0.05, 0.1) is 35.2 Å². The molecular weight excluding hydrogens is 490 g/mol. The quantitative estimate of drug-likeness (QED) is 0.318. The molecule has 3 heterocycles. The van der Waals surface area contributed by atoms with Gasteiger partial charge in [0, 0.05) is 24.2 Å². The van der Waals surface area contributed by atoms with Gasteiger partial charge in [0.15, 0.2) is 0 Å². The van der Waals surface area contributed by atoms with Crippen LogP contribution in [0, 0.1) is 23.1 Å². The Bertz CT molecular complexity index is 1660. The summed E-state index contributed by atoms with van der Waals surface area (Å²) in [4.78, 5) is 23.0. The minimum atomic E-state index is -4.36. The molecule has 1 unspecified atom stereocenters. The molecule has 1 saturated carbocycles. The van der Waals surface area contributed by atoms with Crippen LogP contribution >= 0.6 is 0 Å². The fourth-order valence-corrected chi connectivity index (χ4v) is 4.58. The third-order valence-electron chi connectivity index (χ3n) is 6.99. The van der Waals surface area contributed by atoms with Gasteiger partial charge >= 0.3 is 6.18 Å². The third-order valence-corrected chi connectivity index (χ3v) is 6.99. The Labute approximate surface area is 207 Å². The van der Waals surface area contributed by atoms with Gasteiger partial charge in [0.25, 0.3) is 5.91 Å². The molecule has 1 aliphatic carbocycles. The summed E-state index contributed by atoms with van der Waals surface area (Å²) < 4.78 is 61.9. The van der Waals surface area contributed by atoms with E-state index in [-0.39, 0.29) is 36.3 Å². The number of likely N-dealkylation sites (N-methyl/N-ethyl adjacent to an activating group) is 1. The first-order valence-corrected chi connectivity index (χ1v) is 11.4. The van der Waals surface area contributed by atoms with Gasteiger partial charge in [-0.1, -0.05) is 17.9 Å². The largest absolute Gasteiger partial charge is 0.491 e. The fourth-order valence-electron chi connectivity index (χ4n) is 4.58. The number of aromatic nitrogens is 3. The molecule has 2 N–H and O–H groups in total. The molecule has 1 atom stereocenters. The molecule has 0 saturated heterocycles. The van der Waals surface area contributed by atoms with Crippen LogP contribution in [0.25, 0.3) is 16.6 Å². The highest BCUT2D eigenvalue weighted by atomic mass is 19.4. The van der Waals surface area contributed by atoms with Gasteiger partial charge in [-0.2, -0.15) is 13.2 Å². The van der Waals surface area contributed by atoms with Crippen molar-refractivity contribution in [3.05, 3.63) is 65.4 Å². The monoisotopic (exact) mass is 509 g/mol. The summed E-state index contributed by atoms with van der Waals surface area (Å²) in [6.07, 6.45) is -1.32. The molecule has 0 spiro atoms. The average molecular weight is 509 g/mol. The van der Waals surface area contributed by atoms with Crippen LogP contribution in [-0.2, 0) is 0 Å². The number of nitrogen functional groups attached to an aromatic ring is 1. The predicted molar refractivity (Wildman–Crippen MR) is 126 cm³/mol. The minimum absolute atomic E-state index is 0.00106. The van der Waals surface area contributed by atoms with Crippen molar-refractivity contribution in [3.63, 3.8) is 0 Å². The van der Waals surface area contributed by atoms with E-state index in [1.807, 2.05) is 0 Å². The van der Waals surface area contributed by atoms with Crippen molar-refractivity contribution in [2.75, 3.05) is 19.4 Å². The number of fused-ring (bicyclic) bond motifs is 4. The number of hydrogen-bond donors (Lipinski definition) is 1. The topological polar surface area (TPSA) is 85.8 Å². The van der Waals surface area contributed by atoms with Crippen LogP contribution in [0.5, 0.6) is 5.75 Å². The number of nitrogens with zero attached hydrogens (tertiary/aromatic N) is 4. The molecule has 1 amide bonds. The van der Waals surface area contributed by atoms with E-state index in [4.69, 9.17) is 10.5 Å². The fraction of sp³-hybridized carbons (Fsp3) is 0.269. The van der Waals surface area contributed by atoms with Crippen LogP contribution in [0.4, 0.5) is 23.4 Å². The maximum Gasteiger partial charge on any atom is 0.405 e. The predicted octanol–water partition coefficient (Wildman–Crippen LogP) is 4.50. The molecule has 7 nitrogen and oxygen atoms in total. The van der Waals surface area contributed by atoms with E-state index < -0.39 is 29.4 Å². The zero-order valence-electron chi connectivity index (χ0n) is 19.4. The Balaban J connectivity index is 1.29. The van der Waals surface area contributed by atoms with Crippen molar-refractivity contribution in [2.45, 2.75) is 25.1 Å². The number of halogens is 4. The molecule has 1 fully saturated rings. The van der Waals surface area contributed by atoms with Crippen molar-refractivity contribution in [1.82, 2.24) is 19.3 Å². The van der Waals surface area contributed by atoms with Crippen molar-refractivity contribution in [2.24, 2.45) is 5.41 Å². The maximum atomic E-state index is 15.0.